The Bertz CT molecular complexity index is 1620. The molecule has 0 radical (unpaired) electrons. The minimum atomic E-state index is -0.978. The molecule has 0 amide bonds. The number of likely N-dealkylation sites (N-methyl/N-ethyl adjacent to an activating group) is 1. The van der Waals surface area contributed by atoms with Crippen LogP contribution in [0.2, 0.25) is 0 Å². The zero-order valence-electron chi connectivity index (χ0n) is 31.8. The largest absolute Gasteiger partial charge is 0.504 e. The van der Waals surface area contributed by atoms with E-state index in [1.165, 1.54) is 14.2 Å². The fourth-order valence-corrected chi connectivity index (χ4v) is 8.67. The molecule has 2 aromatic carbocycles. The summed E-state index contributed by atoms with van der Waals surface area (Å²) in [4.78, 5) is 13.2. The van der Waals surface area contributed by atoms with Crippen molar-refractivity contribution in [3.63, 3.8) is 0 Å². The lowest BCUT2D eigenvalue weighted by atomic mass is 9.61. The maximum atomic E-state index is 13.2. The normalized spacial score (nSPS) is 23.6. The third-order valence-electron chi connectivity index (χ3n) is 11.5. The number of aliphatic hydroxyl groups is 2. The monoisotopic (exact) mass is 753 g/mol. The van der Waals surface area contributed by atoms with Gasteiger partial charge in [0.1, 0.15) is 6.61 Å². The second-order valence-corrected chi connectivity index (χ2v) is 14.8. The fourth-order valence-electron chi connectivity index (χ4n) is 8.67. The molecule has 0 spiro atoms. The van der Waals surface area contributed by atoms with Crippen molar-refractivity contribution in [2.75, 3.05) is 40.5 Å². The second-order valence-electron chi connectivity index (χ2n) is 14.8. The molecule has 2 fully saturated rings. The third-order valence-corrected chi connectivity index (χ3v) is 11.5. The fraction of sp³-hybridized carbons (Fsp3) is 0.585. The lowest BCUT2D eigenvalue weighted by molar-refractivity contribution is -0.157. The number of nitrogens with two attached hydrogens (primary N) is 1. The van der Waals surface area contributed by atoms with Crippen molar-refractivity contribution in [2.24, 2.45) is 23.0 Å². The van der Waals surface area contributed by atoms with Crippen molar-refractivity contribution in [1.82, 2.24) is 10.6 Å². The van der Waals surface area contributed by atoms with E-state index in [1.807, 2.05) is 25.1 Å². The van der Waals surface area contributed by atoms with Gasteiger partial charge in [0.05, 0.1) is 43.8 Å². The van der Waals surface area contributed by atoms with E-state index in [0.29, 0.717) is 75.2 Å². The number of aromatic hydroxyl groups is 2. The zero-order chi connectivity index (χ0) is 38.8. The predicted octanol–water partition coefficient (Wildman–Crippen LogP) is 4.67. The first-order valence-corrected chi connectivity index (χ1v) is 19.2. The van der Waals surface area contributed by atoms with Gasteiger partial charge in [-0.05, 0) is 104 Å². The van der Waals surface area contributed by atoms with Crippen molar-refractivity contribution in [3.05, 3.63) is 65.0 Å². The number of phenolic OH excluding ortho intramolecular Hbond substituents is 2. The first kappa shape index (κ1) is 41.0. The summed E-state index contributed by atoms with van der Waals surface area (Å²) in [7, 11) is 2.95. The summed E-state index contributed by atoms with van der Waals surface area (Å²) in [5.41, 5.74) is 7.68. The highest BCUT2D eigenvalue weighted by Crippen LogP contribution is 2.49. The minimum absolute atomic E-state index is 0.0565. The van der Waals surface area contributed by atoms with Crippen LogP contribution in [0.1, 0.15) is 81.9 Å². The van der Waals surface area contributed by atoms with Crippen molar-refractivity contribution in [3.8, 4) is 28.7 Å². The summed E-state index contributed by atoms with van der Waals surface area (Å²) < 4.78 is 24.0. The molecule has 2 aromatic rings. The van der Waals surface area contributed by atoms with Crippen LogP contribution in [0.15, 0.2) is 53.9 Å². The Labute approximate surface area is 318 Å². The molecule has 13 nitrogen and oxygen atoms in total. The molecule has 6 atom stereocenters. The molecule has 298 valence electrons. The van der Waals surface area contributed by atoms with E-state index >= 15 is 0 Å². The van der Waals surface area contributed by atoms with E-state index in [4.69, 9.17) is 24.7 Å². The van der Waals surface area contributed by atoms with Gasteiger partial charge in [-0.25, -0.2) is 0 Å². The summed E-state index contributed by atoms with van der Waals surface area (Å²) >= 11 is 0. The van der Waals surface area contributed by atoms with Crippen molar-refractivity contribution < 1.29 is 49.3 Å². The van der Waals surface area contributed by atoms with Gasteiger partial charge in [0.25, 0.3) is 0 Å². The number of phenols is 2. The highest BCUT2D eigenvalue weighted by Gasteiger charge is 2.49. The molecule has 13 heteroatoms. The summed E-state index contributed by atoms with van der Waals surface area (Å²) in [6, 6.07) is 8.15. The van der Waals surface area contributed by atoms with Gasteiger partial charge in [-0.2, -0.15) is 0 Å². The Kier molecular flexibility index (Phi) is 14.4. The number of allylic oxidation sites excluding steroid dienone is 2. The molecule has 2 heterocycles. The van der Waals surface area contributed by atoms with E-state index in [1.54, 1.807) is 24.3 Å². The average molecular weight is 754 g/mol. The SMILES string of the molecule is CCN[C@H](COc1cc([C@H]2O[C@@H](CCc3ccc(O)c(OC)c3)C[C@H](O)[C@@H]2CCO)cc(OC)c1O)[C@H](CC1=CCNC(N)=C1)C1(C(=O)O)CCCCC1. The summed E-state index contributed by atoms with van der Waals surface area (Å²) in [6.45, 7) is 3.02. The number of methoxy groups -OCH3 is 2. The smallest absolute Gasteiger partial charge is 0.309 e. The van der Waals surface area contributed by atoms with Crippen LogP contribution in [0.4, 0.5) is 0 Å². The van der Waals surface area contributed by atoms with E-state index in [0.717, 1.165) is 30.4 Å². The first-order chi connectivity index (χ1) is 26.0. The lowest BCUT2D eigenvalue weighted by Crippen LogP contribution is -2.52. The number of hydrogen-bond donors (Lipinski definition) is 8. The molecule has 0 aromatic heterocycles. The number of benzene rings is 2. The number of aryl methyl sites for hydroxylation is 1. The molecular weight excluding hydrogens is 694 g/mol. The molecule has 9 N–H and O–H groups in total. The molecule has 1 aliphatic carbocycles. The van der Waals surface area contributed by atoms with Crippen LogP contribution in [0.3, 0.4) is 0 Å². The molecule has 2 aliphatic heterocycles. The van der Waals surface area contributed by atoms with Gasteiger partial charge < -0.3 is 60.8 Å². The highest BCUT2D eigenvalue weighted by atomic mass is 16.5. The van der Waals surface area contributed by atoms with Gasteiger partial charge in [0.15, 0.2) is 23.0 Å². The molecule has 0 unspecified atom stereocenters. The van der Waals surface area contributed by atoms with E-state index in [9.17, 15) is 30.3 Å². The maximum absolute atomic E-state index is 13.2. The van der Waals surface area contributed by atoms with E-state index in [2.05, 4.69) is 10.6 Å². The van der Waals surface area contributed by atoms with E-state index in [-0.39, 0.29) is 48.2 Å². The molecule has 3 aliphatic rings. The second kappa shape index (κ2) is 18.9. The van der Waals surface area contributed by atoms with Crippen LogP contribution in [0.5, 0.6) is 28.7 Å². The zero-order valence-corrected chi connectivity index (χ0v) is 31.8. The first-order valence-electron chi connectivity index (χ1n) is 19.2. The minimum Gasteiger partial charge on any atom is -0.504 e. The summed E-state index contributed by atoms with van der Waals surface area (Å²) in [5, 5.41) is 60.2. The molecule has 5 rings (SSSR count). The van der Waals surface area contributed by atoms with Crippen LogP contribution in [0.25, 0.3) is 0 Å². The van der Waals surface area contributed by atoms with Crippen molar-refractivity contribution in [1.29, 1.82) is 0 Å². The number of nitrogens with one attached hydrogen (secondary N) is 2. The highest BCUT2D eigenvalue weighted by molar-refractivity contribution is 5.75. The van der Waals surface area contributed by atoms with E-state index < -0.39 is 35.6 Å². The number of ether oxygens (including phenoxy) is 4. The summed E-state index contributed by atoms with van der Waals surface area (Å²) in [5.74, 6) is -0.527. The van der Waals surface area contributed by atoms with Crippen molar-refractivity contribution in [2.45, 2.75) is 95.5 Å². The Morgan fingerprint density at radius 3 is 2.48 bits per heavy atom. The summed E-state index contributed by atoms with van der Waals surface area (Å²) in [6.07, 6.45) is 8.26. The molecule has 54 heavy (non-hydrogen) atoms. The number of carbonyl (C=O) groups is 1. The van der Waals surface area contributed by atoms with Crippen molar-refractivity contribution >= 4 is 5.97 Å². The number of rotatable bonds is 18. The molecule has 0 bridgehead atoms. The standard InChI is InChI=1S/C41H59N3O10/c1-4-43-31(30(18-26-12-16-44-37(42)20-26)41(40(49)50)14-6-5-7-15-41)24-53-36-22-27(21-35(52-3)38(36)48)39-29(13-17-45)33(47)23-28(54-39)10-8-25-9-11-32(46)34(19-25)51-2/h9,11-12,19-22,28-31,33,39,43-48H,4-8,10,13-18,23-24,42H2,1-3H3,(H,49,50)/t28-,29-,30-,31+,33-,39+/m0/s1. The maximum Gasteiger partial charge on any atom is 0.309 e. The van der Waals surface area contributed by atoms with Crippen LogP contribution >= 0.6 is 0 Å². The molecule has 1 saturated heterocycles. The predicted molar refractivity (Wildman–Crippen MR) is 204 cm³/mol. The quantitative estimate of drug-likeness (QED) is 0.104. The number of dihydropyridines is 1. The van der Waals surface area contributed by atoms with Gasteiger partial charge in [-0.1, -0.05) is 38.3 Å². The van der Waals surface area contributed by atoms with Gasteiger partial charge in [-0.3, -0.25) is 4.79 Å². The van der Waals surface area contributed by atoms with Gasteiger partial charge in [0, 0.05) is 25.1 Å². The number of carboxylic acids is 1. The molecular formula is C41H59N3O10. The van der Waals surface area contributed by atoms with Gasteiger partial charge in [0.2, 0.25) is 5.75 Å². The topological polar surface area (TPSA) is 205 Å². The van der Waals surface area contributed by atoms with Crippen LogP contribution in [-0.2, 0) is 16.0 Å². The van der Waals surface area contributed by atoms with Crippen LogP contribution < -0.4 is 30.6 Å². The number of carboxylic acid groups (broad SMARTS) is 1. The average Bonchev–Trinajstić information content (AvgIpc) is 3.17. The Morgan fingerprint density at radius 1 is 1.07 bits per heavy atom. The number of aliphatic carboxylic acids is 1. The van der Waals surface area contributed by atoms with Crippen LogP contribution in [0, 0.1) is 17.3 Å². The Balaban J connectivity index is 1.43. The Morgan fingerprint density at radius 2 is 1.81 bits per heavy atom. The van der Waals surface area contributed by atoms with Gasteiger partial charge >= 0.3 is 5.97 Å². The Hall–Kier alpha value is -4.17. The number of hydrogen-bond acceptors (Lipinski definition) is 12. The van der Waals surface area contributed by atoms with Crippen LogP contribution in [-0.4, -0.2) is 90.3 Å². The van der Waals surface area contributed by atoms with Gasteiger partial charge in [-0.15, -0.1) is 0 Å². The number of aliphatic hydroxyl groups excluding tert-OH is 2. The molecule has 1 saturated carbocycles. The lowest BCUT2D eigenvalue weighted by Gasteiger charge is -2.44. The third kappa shape index (κ3) is 9.55.